The van der Waals surface area contributed by atoms with Crippen molar-refractivity contribution in [3.05, 3.63) is 71.6 Å². The molecule has 2 aliphatic carbocycles. The quantitative estimate of drug-likeness (QED) is 0.515. The number of fused-ring (bicyclic) bond motifs is 2. The van der Waals surface area contributed by atoms with Gasteiger partial charge >= 0.3 is 6.09 Å². The monoisotopic (exact) mass is 478 g/mol. The average molecular weight is 479 g/mol. The van der Waals surface area contributed by atoms with Gasteiger partial charge in [0.15, 0.2) is 0 Å². The Balaban J connectivity index is 1.32. The number of pyridine rings is 1. The maximum Gasteiger partial charge on any atom is 0.407 e. The van der Waals surface area contributed by atoms with Crippen LogP contribution in [0.3, 0.4) is 0 Å². The summed E-state index contributed by atoms with van der Waals surface area (Å²) in [6.45, 7) is 2.19. The average Bonchev–Trinajstić information content (AvgIpc) is 3.30. The van der Waals surface area contributed by atoms with Crippen molar-refractivity contribution in [2.75, 3.05) is 6.61 Å². The van der Waals surface area contributed by atoms with E-state index in [0.29, 0.717) is 18.4 Å². The van der Waals surface area contributed by atoms with Crippen molar-refractivity contribution < 1.29 is 13.9 Å². The number of halogens is 1. The maximum absolute atomic E-state index is 13.5. The number of carbonyl (C=O) groups is 1. The van der Waals surface area contributed by atoms with Crippen molar-refractivity contribution >= 4 is 23.9 Å². The smallest absolute Gasteiger partial charge is 0.407 e. The van der Waals surface area contributed by atoms with Gasteiger partial charge in [0.2, 0.25) is 0 Å². The maximum atomic E-state index is 13.5. The molecule has 8 heteroatoms. The van der Waals surface area contributed by atoms with Crippen LogP contribution in [0.2, 0.25) is 0 Å². The number of benzene rings is 1. The third-order valence-electron chi connectivity index (χ3n) is 6.88. The van der Waals surface area contributed by atoms with Crippen LogP contribution in [0.1, 0.15) is 49.2 Å². The van der Waals surface area contributed by atoms with Gasteiger partial charge in [0.1, 0.15) is 5.82 Å². The van der Waals surface area contributed by atoms with Crippen LogP contribution in [0.15, 0.2) is 48.7 Å². The molecule has 0 bridgehead atoms. The fourth-order valence-electron chi connectivity index (χ4n) is 5.30. The lowest BCUT2D eigenvalue weighted by Crippen LogP contribution is -2.44. The van der Waals surface area contributed by atoms with Crippen LogP contribution in [0.25, 0.3) is 17.2 Å². The minimum Gasteiger partial charge on any atom is -0.450 e. The molecule has 2 aliphatic rings. The number of ether oxygens (including phenoxy) is 1. The van der Waals surface area contributed by atoms with Gasteiger partial charge in [0.05, 0.1) is 35.4 Å². The molecule has 0 spiro atoms. The number of amides is 1. The van der Waals surface area contributed by atoms with E-state index in [1.54, 1.807) is 12.3 Å². The molecule has 6 nitrogen and oxygen atoms in total. The molecule has 176 valence electrons. The van der Waals surface area contributed by atoms with Crippen LogP contribution in [-0.4, -0.2) is 32.5 Å². The van der Waals surface area contributed by atoms with E-state index < -0.39 is 0 Å². The summed E-state index contributed by atoms with van der Waals surface area (Å²) >= 11 is 1.28. The number of aromatic nitrogens is 3. The molecule has 1 N–H and O–H groups in total. The van der Waals surface area contributed by atoms with Crippen LogP contribution in [0.5, 0.6) is 0 Å². The first kappa shape index (κ1) is 22.7. The van der Waals surface area contributed by atoms with Crippen molar-refractivity contribution in [1.29, 1.82) is 0 Å². The summed E-state index contributed by atoms with van der Waals surface area (Å²) in [5, 5.41) is 3.02. The normalized spacial score (nSPS) is 23.8. The third kappa shape index (κ3) is 4.87. The van der Waals surface area contributed by atoms with Crippen molar-refractivity contribution in [3.8, 4) is 11.1 Å². The molecule has 0 unspecified atom stereocenters. The number of carbonyl (C=O) groups excluding carboxylic acids is 1. The molecule has 2 heterocycles. The highest BCUT2D eigenvalue weighted by Gasteiger charge is 2.41. The summed E-state index contributed by atoms with van der Waals surface area (Å²) in [4.78, 5) is 16.5. The standard InChI is InChI=1S/C26H27FN4O2S/c1-2-33-26(32)29-21-9-10-22-18(13-21)14-24-25(31-34-30-24)23(22)11-8-20-7-6-17(15-28-20)16-4-3-5-19(27)12-16/h3-8,11-12,15,18,21-23H,2,9-10,13-14H2,1H3,(H,29,32)/b11-8+/t18-,21-,22+,23-/m0/s1. The van der Waals surface area contributed by atoms with Gasteiger partial charge in [-0.25, -0.2) is 9.18 Å². The summed E-state index contributed by atoms with van der Waals surface area (Å²) in [6.07, 6.45) is 9.47. The number of hydrogen-bond donors (Lipinski definition) is 1. The number of nitrogens with zero attached hydrogens (tertiary/aromatic N) is 3. The molecule has 5 rings (SSSR count). The van der Waals surface area contributed by atoms with Gasteiger partial charge in [-0.2, -0.15) is 8.75 Å². The Labute approximate surface area is 202 Å². The number of nitrogens with one attached hydrogen (secondary N) is 1. The second-order valence-corrected chi connectivity index (χ2v) is 9.49. The van der Waals surface area contributed by atoms with E-state index in [-0.39, 0.29) is 23.9 Å². The molecular weight excluding hydrogens is 451 g/mol. The van der Waals surface area contributed by atoms with Crippen LogP contribution in [0, 0.1) is 17.7 Å². The summed E-state index contributed by atoms with van der Waals surface area (Å²) in [7, 11) is 0. The minimum atomic E-state index is -0.331. The van der Waals surface area contributed by atoms with E-state index in [1.165, 1.54) is 23.9 Å². The van der Waals surface area contributed by atoms with E-state index in [9.17, 15) is 9.18 Å². The van der Waals surface area contributed by atoms with Gasteiger partial charge in [-0.15, -0.1) is 0 Å². The number of alkyl carbamates (subject to hydrolysis) is 1. The number of hydrogen-bond acceptors (Lipinski definition) is 6. The zero-order valence-electron chi connectivity index (χ0n) is 19.0. The Hall–Kier alpha value is -3.13. The Bertz CT molecular complexity index is 1180. The first-order valence-electron chi connectivity index (χ1n) is 11.8. The van der Waals surface area contributed by atoms with E-state index in [1.807, 2.05) is 25.1 Å². The molecule has 0 aliphatic heterocycles. The van der Waals surface area contributed by atoms with Crippen LogP contribution in [-0.2, 0) is 11.2 Å². The first-order chi connectivity index (χ1) is 16.6. The lowest BCUT2D eigenvalue weighted by atomic mass is 9.64. The zero-order chi connectivity index (χ0) is 23.5. The predicted octanol–water partition coefficient (Wildman–Crippen LogP) is 5.62. The largest absolute Gasteiger partial charge is 0.450 e. The second-order valence-electron chi connectivity index (χ2n) is 8.97. The molecule has 1 fully saturated rings. The Morgan fingerprint density at radius 2 is 2.15 bits per heavy atom. The van der Waals surface area contributed by atoms with Gasteiger partial charge in [-0.05, 0) is 74.3 Å². The van der Waals surface area contributed by atoms with E-state index >= 15 is 0 Å². The van der Waals surface area contributed by atoms with Crippen molar-refractivity contribution in [2.45, 2.75) is 44.6 Å². The number of rotatable bonds is 5. The van der Waals surface area contributed by atoms with Crippen LogP contribution < -0.4 is 5.32 Å². The van der Waals surface area contributed by atoms with Gasteiger partial charge in [0, 0.05) is 23.7 Å². The first-order valence-corrected chi connectivity index (χ1v) is 12.5. The van der Waals surface area contributed by atoms with Crippen LogP contribution >= 0.6 is 11.7 Å². The summed E-state index contributed by atoms with van der Waals surface area (Å²) in [5.74, 6) is 0.823. The fraction of sp³-hybridized carbons (Fsp3) is 0.385. The van der Waals surface area contributed by atoms with E-state index in [0.717, 1.165) is 53.9 Å². The molecule has 4 atom stereocenters. The molecular formula is C26H27FN4O2S. The van der Waals surface area contributed by atoms with Gasteiger partial charge in [0.25, 0.3) is 0 Å². The molecule has 0 saturated heterocycles. The number of allylic oxidation sites excluding steroid dienone is 1. The second kappa shape index (κ2) is 10.0. The zero-order valence-corrected chi connectivity index (χ0v) is 19.8. The molecule has 2 aromatic heterocycles. The Morgan fingerprint density at radius 1 is 1.24 bits per heavy atom. The molecule has 1 amide bonds. The van der Waals surface area contributed by atoms with Gasteiger partial charge in [-0.1, -0.05) is 24.3 Å². The topological polar surface area (TPSA) is 77.0 Å². The van der Waals surface area contributed by atoms with E-state index in [2.05, 4.69) is 31.2 Å². The highest BCUT2D eigenvalue weighted by Crippen LogP contribution is 2.47. The molecule has 3 aromatic rings. The van der Waals surface area contributed by atoms with Gasteiger partial charge in [-0.3, -0.25) is 4.98 Å². The van der Waals surface area contributed by atoms with E-state index in [4.69, 9.17) is 4.74 Å². The van der Waals surface area contributed by atoms with Crippen molar-refractivity contribution in [1.82, 2.24) is 19.0 Å². The molecule has 0 radical (unpaired) electrons. The predicted molar refractivity (Wildman–Crippen MR) is 130 cm³/mol. The lowest BCUT2D eigenvalue weighted by Gasteiger charge is -2.42. The SMILES string of the molecule is CCOC(=O)N[C@H]1CC[C@@H]2[C@H](Cc3nsnc3[C@H]2/C=C/c2ccc(-c3cccc(F)c3)cn2)C1. The van der Waals surface area contributed by atoms with Crippen molar-refractivity contribution in [2.24, 2.45) is 11.8 Å². The molecule has 34 heavy (non-hydrogen) atoms. The van der Waals surface area contributed by atoms with Crippen LogP contribution in [0.4, 0.5) is 9.18 Å². The summed E-state index contributed by atoms with van der Waals surface area (Å²) < 4.78 is 27.8. The highest BCUT2D eigenvalue weighted by molar-refractivity contribution is 6.99. The fourth-order valence-corrected chi connectivity index (χ4v) is 5.93. The summed E-state index contributed by atoms with van der Waals surface area (Å²) in [5.41, 5.74) is 4.70. The Morgan fingerprint density at radius 3 is 2.94 bits per heavy atom. The Kier molecular flexibility index (Phi) is 6.67. The molecule has 1 saturated carbocycles. The third-order valence-corrected chi connectivity index (χ3v) is 7.46. The lowest BCUT2D eigenvalue weighted by molar-refractivity contribution is 0.128. The highest BCUT2D eigenvalue weighted by atomic mass is 32.1. The molecule has 1 aromatic carbocycles. The van der Waals surface area contributed by atoms with Gasteiger partial charge < -0.3 is 10.1 Å². The summed E-state index contributed by atoms with van der Waals surface area (Å²) in [6, 6.07) is 10.6. The van der Waals surface area contributed by atoms with Crippen molar-refractivity contribution in [3.63, 3.8) is 0 Å². The minimum absolute atomic E-state index is 0.134.